The van der Waals surface area contributed by atoms with Crippen LogP contribution in [0.5, 0.6) is 11.5 Å². The van der Waals surface area contributed by atoms with Crippen molar-refractivity contribution < 1.29 is 14.6 Å². The first-order valence-electron chi connectivity index (χ1n) is 7.97. The van der Waals surface area contributed by atoms with Crippen LogP contribution in [0.3, 0.4) is 0 Å². The summed E-state index contributed by atoms with van der Waals surface area (Å²) in [6.45, 7) is 4.04. The average molecular weight is 340 g/mol. The summed E-state index contributed by atoms with van der Waals surface area (Å²) in [7, 11) is 1.55. The second-order valence-corrected chi connectivity index (χ2v) is 5.78. The van der Waals surface area contributed by atoms with Crippen molar-refractivity contribution in [2.75, 3.05) is 20.3 Å². The number of fused-ring (bicyclic) bond motifs is 1. The molecule has 0 unspecified atom stereocenters. The Morgan fingerprint density at radius 1 is 1.20 bits per heavy atom. The predicted octanol–water partition coefficient (Wildman–Crippen LogP) is 2.59. The number of aliphatic hydroxyl groups excluding tert-OH is 1. The largest absolute Gasteiger partial charge is 0.494 e. The number of nitrogens with zero attached hydrogens (tertiary/aromatic N) is 1. The molecule has 3 rings (SSSR count). The minimum Gasteiger partial charge on any atom is -0.494 e. The summed E-state index contributed by atoms with van der Waals surface area (Å²) in [5.74, 6) is 1.77. The van der Waals surface area contributed by atoms with Crippen LogP contribution in [0.4, 0.5) is 0 Å². The summed E-state index contributed by atoms with van der Waals surface area (Å²) >= 11 is 0. The van der Waals surface area contributed by atoms with Crippen LogP contribution in [0, 0.1) is 13.8 Å². The first-order chi connectivity index (χ1) is 12.0. The van der Waals surface area contributed by atoms with Crippen LogP contribution in [0.15, 0.2) is 35.1 Å². The molecular weight excluding hydrogens is 320 g/mol. The summed E-state index contributed by atoms with van der Waals surface area (Å²) < 4.78 is 10.9. The maximum Gasteiger partial charge on any atom is 0.259 e. The van der Waals surface area contributed by atoms with Gasteiger partial charge in [-0.1, -0.05) is 6.07 Å². The van der Waals surface area contributed by atoms with Crippen LogP contribution >= 0.6 is 0 Å². The minimum absolute atomic E-state index is 0.0417. The highest BCUT2D eigenvalue weighted by atomic mass is 16.5. The Bertz CT molecular complexity index is 956. The molecule has 0 fully saturated rings. The second-order valence-electron chi connectivity index (χ2n) is 5.78. The van der Waals surface area contributed by atoms with E-state index in [-0.39, 0.29) is 18.8 Å². The van der Waals surface area contributed by atoms with Crippen LogP contribution in [0.1, 0.15) is 11.1 Å². The Hall–Kier alpha value is -2.86. The molecule has 0 saturated carbocycles. The number of methoxy groups -OCH3 is 1. The van der Waals surface area contributed by atoms with Gasteiger partial charge in [-0.3, -0.25) is 4.79 Å². The van der Waals surface area contributed by atoms with Crippen molar-refractivity contribution in [2.45, 2.75) is 13.8 Å². The lowest BCUT2D eigenvalue weighted by Crippen LogP contribution is -2.10. The maximum absolute atomic E-state index is 12.4. The highest BCUT2D eigenvalue weighted by Crippen LogP contribution is 2.30. The lowest BCUT2D eigenvalue weighted by molar-refractivity contribution is 0.200. The molecule has 2 N–H and O–H groups in total. The van der Waals surface area contributed by atoms with E-state index >= 15 is 0 Å². The Balaban J connectivity index is 2.15. The minimum atomic E-state index is -0.213. The van der Waals surface area contributed by atoms with E-state index < -0.39 is 0 Å². The Labute approximate surface area is 145 Å². The van der Waals surface area contributed by atoms with Crippen molar-refractivity contribution in [3.8, 4) is 22.9 Å². The average Bonchev–Trinajstić information content (AvgIpc) is 2.60. The van der Waals surface area contributed by atoms with Crippen LogP contribution in [0.25, 0.3) is 22.3 Å². The molecule has 25 heavy (non-hydrogen) atoms. The maximum atomic E-state index is 12.4. The summed E-state index contributed by atoms with van der Waals surface area (Å²) in [6.07, 6.45) is 0. The lowest BCUT2D eigenvalue weighted by Gasteiger charge is -2.13. The number of H-pyrrole nitrogens is 1. The molecule has 0 saturated heterocycles. The quantitative estimate of drug-likeness (QED) is 0.746. The van der Waals surface area contributed by atoms with Crippen molar-refractivity contribution >= 4 is 10.9 Å². The molecule has 0 amide bonds. The first kappa shape index (κ1) is 17.0. The fourth-order valence-corrected chi connectivity index (χ4v) is 2.90. The van der Waals surface area contributed by atoms with E-state index in [1.807, 2.05) is 26.0 Å². The predicted molar refractivity (Wildman–Crippen MR) is 96.4 cm³/mol. The number of nitrogens with one attached hydrogen (secondary N) is 1. The van der Waals surface area contributed by atoms with Crippen molar-refractivity contribution in [3.05, 3.63) is 51.8 Å². The number of ether oxygens (including phenoxy) is 2. The molecule has 2 aromatic carbocycles. The molecule has 0 aliphatic heterocycles. The van der Waals surface area contributed by atoms with E-state index in [2.05, 4.69) is 9.97 Å². The van der Waals surface area contributed by atoms with Crippen molar-refractivity contribution in [1.29, 1.82) is 0 Å². The van der Waals surface area contributed by atoms with Crippen molar-refractivity contribution in [2.24, 2.45) is 0 Å². The Morgan fingerprint density at radius 3 is 2.56 bits per heavy atom. The third-order valence-corrected chi connectivity index (χ3v) is 3.99. The topological polar surface area (TPSA) is 84.4 Å². The number of para-hydroxylation sites is 1. The van der Waals surface area contributed by atoms with Gasteiger partial charge in [0.05, 0.1) is 19.1 Å². The molecule has 1 aromatic heterocycles. The van der Waals surface area contributed by atoms with Crippen LogP contribution in [-0.4, -0.2) is 35.4 Å². The van der Waals surface area contributed by atoms with Gasteiger partial charge in [0, 0.05) is 5.56 Å². The standard InChI is InChI=1S/C19H20N2O4/c1-11-9-13(10-12(2)17(11)25-8-7-22)18-20-16-14(19(23)21-18)5-4-6-15(16)24-3/h4-6,9-10,22H,7-8H2,1-3H3,(H,20,21,23). The van der Waals surface area contributed by atoms with E-state index in [1.165, 1.54) is 0 Å². The van der Waals surface area contributed by atoms with Crippen molar-refractivity contribution in [1.82, 2.24) is 9.97 Å². The number of benzene rings is 2. The zero-order chi connectivity index (χ0) is 18.0. The normalized spacial score (nSPS) is 10.9. The number of aromatic nitrogens is 2. The van der Waals surface area contributed by atoms with E-state index in [1.54, 1.807) is 25.3 Å². The van der Waals surface area contributed by atoms with Crippen LogP contribution in [-0.2, 0) is 0 Å². The molecule has 0 radical (unpaired) electrons. The van der Waals surface area contributed by atoms with Gasteiger partial charge in [-0.25, -0.2) is 4.98 Å². The molecule has 6 nitrogen and oxygen atoms in total. The van der Waals surface area contributed by atoms with Gasteiger partial charge >= 0.3 is 0 Å². The highest BCUT2D eigenvalue weighted by Gasteiger charge is 2.13. The van der Waals surface area contributed by atoms with Gasteiger partial charge in [-0.2, -0.15) is 0 Å². The van der Waals surface area contributed by atoms with Crippen LogP contribution < -0.4 is 15.0 Å². The SMILES string of the molecule is COc1cccc2c(=O)[nH]c(-c3cc(C)c(OCCO)c(C)c3)nc12. The number of hydrogen-bond donors (Lipinski definition) is 2. The molecule has 3 aromatic rings. The van der Waals surface area contributed by atoms with Crippen LogP contribution in [0.2, 0.25) is 0 Å². The van der Waals surface area contributed by atoms with Gasteiger partial charge in [0.15, 0.2) is 0 Å². The Morgan fingerprint density at radius 2 is 1.92 bits per heavy atom. The van der Waals surface area contributed by atoms with E-state index in [0.29, 0.717) is 22.5 Å². The summed E-state index contributed by atoms with van der Waals surface area (Å²) in [6, 6.07) is 9.06. The molecular formula is C19H20N2O4. The molecule has 130 valence electrons. The lowest BCUT2D eigenvalue weighted by atomic mass is 10.0. The third kappa shape index (κ3) is 3.21. The number of aromatic amines is 1. The number of hydrogen-bond acceptors (Lipinski definition) is 5. The fraction of sp³-hybridized carbons (Fsp3) is 0.263. The third-order valence-electron chi connectivity index (χ3n) is 3.99. The van der Waals surface area contributed by atoms with Gasteiger partial charge in [0.2, 0.25) is 0 Å². The number of aliphatic hydroxyl groups is 1. The number of aryl methyl sites for hydroxylation is 2. The first-order valence-corrected chi connectivity index (χ1v) is 7.97. The van der Waals surface area contributed by atoms with Gasteiger partial charge in [0.25, 0.3) is 5.56 Å². The zero-order valence-electron chi connectivity index (χ0n) is 14.4. The van der Waals surface area contributed by atoms with E-state index in [9.17, 15) is 4.79 Å². The smallest absolute Gasteiger partial charge is 0.259 e. The summed E-state index contributed by atoms with van der Waals surface area (Å²) in [5.41, 5.74) is 2.92. The zero-order valence-corrected chi connectivity index (χ0v) is 14.4. The molecule has 1 heterocycles. The van der Waals surface area contributed by atoms with Gasteiger partial charge in [-0.15, -0.1) is 0 Å². The highest BCUT2D eigenvalue weighted by molar-refractivity contribution is 5.85. The molecule has 0 spiro atoms. The summed E-state index contributed by atoms with van der Waals surface area (Å²) in [4.78, 5) is 19.8. The van der Waals surface area contributed by atoms with E-state index in [0.717, 1.165) is 22.4 Å². The molecule has 0 bridgehead atoms. The molecule has 0 aliphatic carbocycles. The molecule has 0 atom stereocenters. The van der Waals surface area contributed by atoms with E-state index in [4.69, 9.17) is 14.6 Å². The molecule has 6 heteroatoms. The summed E-state index contributed by atoms with van der Waals surface area (Å²) in [5, 5.41) is 9.42. The Kier molecular flexibility index (Phi) is 4.72. The van der Waals surface area contributed by atoms with Gasteiger partial charge in [-0.05, 0) is 49.2 Å². The van der Waals surface area contributed by atoms with Gasteiger partial charge in [0.1, 0.15) is 29.4 Å². The van der Waals surface area contributed by atoms with Crippen molar-refractivity contribution in [3.63, 3.8) is 0 Å². The number of rotatable bonds is 5. The second kappa shape index (κ2) is 6.94. The molecule has 0 aliphatic rings. The van der Waals surface area contributed by atoms with Gasteiger partial charge < -0.3 is 19.6 Å². The fourth-order valence-electron chi connectivity index (χ4n) is 2.90. The monoisotopic (exact) mass is 340 g/mol.